The Balaban J connectivity index is 1.66. The average Bonchev–Trinajstić information content (AvgIpc) is 2.71. The van der Waals surface area contributed by atoms with E-state index in [1.54, 1.807) is 12.0 Å². The number of hydrogen-bond donors (Lipinski definition) is 0. The van der Waals surface area contributed by atoms with Crippen LogP contribution in [-0.4, -0.2) is 19.1 Å². The van der Waals surface area contributed by atoms with Crippen LogP contribution in [0.4, 0.5) is 5.69 Å². The van der Waals surface area contributed by atoms with E-state index >= 15 is 0 Å². The molecule has 4 rings (SSSR count). The lowest BCUT2D eigenvalue weighted by Crippen LogP contribution is -2.61. The van der Waals surface area contributed by atoms with Crippen LogP contribution in [0.2, 0.25) is 0 Å². The van der Waals surface area contributed by atoms with Gasteiger partial charge in [-0.3, -0.25) is 9.69 Å². The number of carbonyl (C=O) groups is 1. The monoisotopic (exact) mass is 345 g/mol. The Bertz CT molecular complexity index is 878. The van der Waals surface area contributed by atoms with Gasteiger partial charge in [0.25, 0.3) is 5.91 Å². The highest BCUT2D eigenvalue weighted by Crippen LogP contribution is 2.41. The molecule has 0 spiro atoms. The predicted molar refractivity (Wildman–Crippen MR) is 101 cm³/mol. The van der Waals surface area contributed by atoms with Crippen LogP contribution in [0.3, 0.4) is 0 Å². The smallest absolute Gasteiger partial charge is 0.271 e. The Morgan fingerprint density at radius 1 is 0.769 bits per heavy atom. The van der Waals surface area contributed by atoms with Crippen molar-refractivity contribution in [3.63, 3.8) is 0 Å². The molecule has 0 saturated carbocycles. The number of rotatable bonds is 5. The molecule has 3 aromatic rings. The zero-order chi connectivity index (χ0) is 17.9. The predicted octanol–water partition coefficient (Wildman–Crippen LogP) is 4.23. The zero-order valence-electron chi connectivity index (χ0n) is 14.4. The molecule has 1 amide bonds. The van der Waals surface area contributed by atoms with Crippen LogP contribution in [0.5, 0.6) is 11.5 Å². The van der Waals surface area contributed by atoms with Gasteiger partial charge in [-0.2, -0.15) is 0 Å². The maximum Gasteiger partial charge on any atom is 0.271 e. The first kappa shape index (κ1) is 16.2. The molecule has 4 heteroatoms. The number of methoxy groups -OCH3 is 1. The fourth-order valence-corrected chi connectivity index (χ4v) is 3.23. The molecule has 1 heterocycles. The van der Waals surface area contributed by atoms with Crippen molar-refractivity contribution < 1.29 is 14.3 Å². The lowest BCUT2D eigenvalue weighted by Gasteiger charge is -2.46. The summed E-state index contributed by atoms with van der Waals surface area (Å²) in [6, 6.07) is 26.8. The number of carbonyl (C=O) groups excluding carboxylic acids is 1. The zero-order valence-corrected chi connectivity index (χ0v) is 14.4. The molecule has 0 aromatic heterocycles. The molecule has 1 aliphatic rings. The molecule has 3 aromatic carbocycles. The van der Waals surface area contributed by atoms with Crippen molar-refractivity contribution in [1.82, 2.24) is 0 Å². The number of β-lactam (4-membered cyclic amide) rings is 1. The highest BCUT2D eigenvalue weighted by atomic mass is 16.5. The number of benzene rings is 3. The van der Waals surface area contributed by atoms with Crippen LogP contribution in [0.25, 0.3) is 0 Å². The van der Waals surface area contributed by atoms with Gasteiger partial charge in [-0.1, -0.05) is 48.5 Å². The van der Waals surface area contributed by atoms with Crippen LogP contribution in [-0.2, 0) is 4.79 Å². The first-order chi connectivity index (χ1) is 12.8. The van der Waals surface area contributed by atoms with Crippen LogP contribution < -0.4 is 14.4 Å². The highest BCUT2D eigenvalue weighted by molar-refractivity contribution is 6.05. The molecule has 0 N–H and O–H groups in total. The highest BCUT2D eigenvalue weighted by Gasteiger charge is 2.50. The summed E-state index contributed by atoms with van der Waals surface area (Å²) in [5.41, 5.74) is 1.88. The minimum Gasteiger partial charge on any atom is -0.497 e. The molecule has 1 saturated heterocycles. The van der Waals surface area contributed by atoms with Gasteiger partial charge < -0.3 is 9.47 Å². The lowest BCUT2D eigenvalue weighted by molar-refractivity contribution is -0.135. The third-order valence-electron chi connectivity index (χ3n) is 4.54. The van der Waals surface area contributed by atoms with Crippen molar-refractivity contribution in [3.05, 3.63) is 90.5 Å². The molecule has 0 aliphatic carbocycles. The summed E-state index contributed by atoms with van der Waals surface area (Å²) in [5.74, 6) is 1.41. The van der Waals surface area contributed by atoms with E-state index < -0.39 is 6.10 Å². The second-order valence-electron chi connectivity index (χ2n) is 6.11. The van der Waals surface area contributed by atoms with Crippen molar-refractivity contribution >= 4 is 11.6 Å². The van der Waals surface area contributed by atoms with E-state index in [2.05, 4.69) is 0 Å². The van der Waals surface area contributed by atoms with E-state index in [9.17, 15) is 4.79 Å². The van der Waals surface area contributed by atoms with Gasteiger partial charge in [-0.25, -0.2) is 0 Å². The van der Waals surface area contributed by atoms with E-state index in [1.807, 2.05) is 84.9 Å². The van der Waals surface area contributed by atoms with Crippen molar-refractivity contribution in [3.8, 4) is 11.5 Å². The topological polar surface area (TPSA) is 38.8 Å². The number of hydrogen-bond acceptors (Lipinski definition) is 3. The van der Waals surface area contributed by atoms with Crippen molar-refractivity contribution in [1.29, 1.82) is 0 Å². The number of amides is 1. The Morgan fingerprint density at radius 2 is 1.38 bits per heavy atom. The Hall–Kier alpha value is -3.27. The Kier molecular flexibility index (Phi) is 4.32. The van der Waals surface area contributed by atoms with Crippen LogP contribution in [0.15, 0.2) is 84.9 Å². The molecule has 1 aliphatic heterocycles. The van der Waals surface area contributed by atoms with E-state index in [0.717, 1.165) is 17.0 Å². The van der Waals surface area contributed by atoms with Gasteiger partial charge in [0.1, 0.15) is 17.5 Å². The first-order valence-corrected chi connectivity index (χ1v) is 8.52. The summed E-state index contributed by atoms with van der Waals surface area (Å²) < 4.78 is 11.2. The summed E-state index contributed by atoms with van der Waals surface area (Å²) in [6.45, 7) is 0. The van der Waals surface area contributed by atoms with Crippen molar-refractivity contribution in [2.45, 2.75) is 12.1 Å². The molecule has 1 fully saturated rings. The van der Waals surface area contributed by atoms with E-state index in [4.69, 9.17) is 9.47 Å². The molecule has 130 valence electrons. The van der Waals surface area contributed by atoms with E-state index in [-0.39, 0.29) is 11.9 Å². The number of para-hydroxylation sites is 1. The van der Waals surface area contributed by atoms with Gasteiger partial charge in [0, 0.05) is 5.69 Å². The molecular formula is C22H19NO3. The minimum atomic E-state index is -0.540. The fraction of sp³-hybridized carbons (Fsp3) is 0.136. The summed E-state index contributed by atoms with van der Waals surface area (Å²) >= 11 is 0. The normalized spacial score (nSPS) is 19.0. The maximum atomic E-state index is 12.9. The number of nitrogens with zero attached hydrogens (tertiary/aromatic N) is 1. The summed E-state index contributed by atoms with van der Waals surface area (Å²) in [6.07, 6.45) is -0.540. The molecule has 2 unspecified atom stereocenters. The third-order valence-corrected chi connectivity index (χ3v) is 4.54. The molecule has 0 radical (unpaired) electrons. The van der Waals surface area contributed by atoms with Gasteiger partial charge in [0.2, 0.25) is 6.10 Å². The van der Waals surface area contributed by atoms with Crippen LogP contribution >= 0.6 is 0 Å². The van der Waals surface area contributed by atoms with Crippen LogP contribution in [0, 0.1) is 0 Å². The summed E-state index contributed by atoms with van der Waals surface area (Å²) in [5, 5.41) is 0. The quantitative estimate of drug-likeness (QED) is 0.650. The second kappa shape index (κ2) is 6.92. The number of ether oxygens (including phenoxy) is 2. The summed E-state index contributed by atoms with van der Waals surface area (Å²) in [7, 11) is 1.63. The van der Waals surface area contributed by atoms with Gasteiger partial charge in [-0.15, -0.1) is 0 Å². The Morgan fingerprint density at radius 3 is 2.00 bits per heavy atom. The SMILES string of the molecule is COc1ccc(N2C(=O)C(Oc3ccccc3)C2c2ccccc2)cc1. The van der Waals surface area contributed by atoms with Gasteiger partial charge in [-0.05, 0) is 42.0 Å². The third kappa shape index (κ3) is 2.90. The van der Waals surface area contributed by atoms with Gasteiger partial charge in [0.05, 0.1) is 7.11 Å². The Labute approximate surface area is 152 Å². The van der Waals surface area contributed by atoms with Crippen molar-refractivity contribution in [2.24, 2.45) is 0 Å². The average molecular weight is 345 g/mol. The first-order valence-electron chi connectivity index (χ1n) is 8.52. The maximum absolute atomic E-state index is 12.9. The minimum absolute atomic E-state index is 0.0483. The molecule has 2 atom stereocenters. The second-order valence-corrected chi connectivity index (χ2v) is 6.11. The number of anilines is 1. The molecule has 4 nitrogen and oxygen atoms in total. The summed E-state index contributed by atoms with van der Waals surface area (Å²) in [4.78, 5) is 14.7. The molecular weight excluding hydrogens is 326 g/mol. The molecule has 26 heavy (non-hydrogen) atoms. The van der Waals surface area contributed by atoms with E-state index in [0.29, 0.717) is 5.75 Å². The molecule has 0 bridgehead atoms. The van der Waals surface area contributed by atoms with E-state index in [1.165, 1.54) is 0 Å². The van der Waals surface area contributed by atoms with Crippen LogP contribution in [0.1, 0.15) is 11.6 Å². The standard InChI is InChI=1S/C22H19NO3/c1-25-18-14-12-17(13-15-18)23-20(16-8-4-2-5-9-16)21(22(23)24)26-19-10-6-3-7-11-19/h2-15,20-21H,1H3. The van der Waals surface area contributed by atoms with Gasteiger partial charge in [0.15, 0.2) is 0 Å². The fourth-order valence-electron chi connectivity index (χ4n) is 3.23. The largest absolute Gasteiger partial charge is 0.497 e. The van der Waals surface area contributed by atoms with Crippen molar-refractivity contribution in [2.75, 3.05) is 12.0 Å². The lowest BCUT2D eigenvalue weighted by atomic mass is 9.89. The van der Waals surface area contributed by atoms with Gasteiger partial charge >= 0.3 is 0 Å².